The fourth-order valence-corrected chi connectivity index (χ4v) is 3.57. The first-order valence-corrected chi connectivity index (χ1v) is 13.1. The number of aliphatic carboxylic acids is 1. The molecule has 0 saturated carbocycles. The summed E-state index contributed by atoms with van der Waals surface area (Å²) < 4.78 is 0. The number of hydrogen-bond donors (Lipinski definition) is 8. The Hall–Kier alpha value is -2.19. The van der Waals surface area contributed by atoms with Crippen molar-refractivity contribution in [3.8, 4) is 0 Å². The number of amides is 3. The van der Waals surface area contributed by atoms with Crippen LogP contribution in [0.25, 0.3) is 0 Å². The molecular weight excluding hydrogens is 482 g/mol. The monoisotopic (exact) mass is 521 g/mol. The molecule has 0 fully saturated rings. The van der Waals surface area contributed by atoms with Crippen LogP contribution in [-0.2, 0) is 19.2 Å². The van der Waals surface area contributed by atoms with Crippen LogP contribution in [0.3, 0.4) is 0 Å². The summed E-state index contributed by atoms with van der Waals surface area (Å²) >= 11 is 5.69. The molecule has 10 N–H and O–H groups in total. The van der Waals surface area contributed by atoms with Crippen molar-refractivity contribution in [2.24, 2.45) is 28.1 Å². The van der Waals surface area contributed by atoms with Crippen LogP contribution in [0.15, 0.2) is 4.99 Å². The maximum atomic E-state index is 12.9. The fraction of sp³-hybridized carbons (Fsp3) is 0.750. The zero-order valence-corrected chi connectivity index (χ0v) is 21.7. The minimum atomic E-state index is -1.22. The standard InChI is InChI=1S/C20H39N7O5S2/c1-4-11(2)15(18(30)25-13(19(31)32)6-5-8-24-20(22)23)27-17(29)14(10-33)26-16(28)12(21)7-9-34-3/h11-15,33H,4-10,21H2,1-3H3,(H,25,30)(H,26,28)(H,27,29)(H,31,32)(H4,22,23,24). The summed E-state index contributed by atoms with van der Waals surface area (Å²) in [6.07, 6.45) is 3.32. The molecule has 34 heavy (non-hydrogen) atoms. The van der Waals surface area contributed by atoms with Crippen LogP contribution in [0.5, 0.6) is 0 Å². The highest BCUT2D eigenvalue weighted by atomic mass is 32.2. The quantitative estimate of drug-likeness (QED) is 0.0490. The molecule has 5 unspecified atom stereocenters. The number of carbonyl (C=O) groups excluding carboxylic acids is 3. The average molecular weight is 522 g/mol. The predicted octanol–water partition coefficient (Wildman–Crippen LogP) is -1.36. The van der Waals surface area contributed by atoms with Gasteiger partial charge in [0.05, 0.1) is 6.04 Å². The SMILES string of the molecule is CCC(C)C(NC(=O)C(CS)NC(=O)C(N)CCSC)C(=O)NC(CCCN=C(N)N)C(=O)O. The van der Waals surface area contributed by atoms with E-state index in [2.05, 4.69) is 33.6 Å². The Balaban J connectivity index is 5.24. The second-order valence-corrected chi connectivity index (χ2v) is 9.20. The van der Waals surface area contributed by atoms with Gasteiger partial charge in [-0.3, -0.25) is 19.4 Å². The minimum Gasteiger partial charge on any atom is -0.480 e. The average Bonchev–Trinajstić information content (AvgIpc) is 2.79. The van der Waals surface area contributed by atoms with Crippen LogP contribution in [0.2, 0.25) is 0 Å². The summed E-state index contributed by atoms with van der Waals surface area (Å²) in [5.41, 5.74) is 16.4. The lowest BCUT2D eigenvalue weighted by Gasteiger charge is -2.27. The molecule has 0 heterocycles. The van der Waals surface area contributed by atoms with E-state index in [1.165, 1.54) is 0 Å². The van der Waals surface area contributed by atoms with Crippen molar-refractivity contribution < 1.29 is 24.3 Å². The van der Waals surface area contributed by atoms with Gasteiger partial charge in [-0.1, -0.05) is 20.3 Å². The second-order valence-electron chi connectivity index (χ2n) is 7.85. The van der Waals surface area contributed by atoms with Crippen LogP contribution >= 0.6 is 24.4 Å². The van der Waals surface area contributed by atoms with Crippen LogP contribution in [0.1, 0.15) is 39.5 Å². The molecular formula is C20H39N7O5S2. The van der Waals surface area contributed by atoms with Gasteiger partial charge in [0, 0.05) is 12.3 Å². The Morgan fingerprint density at radius 3 is 2.15 bits per heavy atom. The number of guanidine groups is 1. The molecule has 0 aliphatic carbocycles. The van der Waals surface area contributed by atoms with E-state index >= 15 is 0 Å². The summed E-state index contributed by atoms with van der Waals surface area (Å²) in [6.45, 7) is 3.81. The Morgan fingerprint density at radius 1 is 1.03 bits per heavy atom. The predicted molar refractivity (Wildman–Crippen MR) is 138 cm³/mol. The number of aliphatic imine (C=N–C) groups is 1. The number of nitrogens with zero attached hydrogens (tertiary/aromatic N) is 1. The lowest BCUT2D eigenvalue weighted by molar-refractivity contribution is -0.142. The van der Waals surface area contributed by atoms with Gasteiger partial charge in [0.25, 0.3) is 0 Å². The van der Waals surface area contributed by atoms with Crippen molar-refractivity contribution >= 4 is 54.0 Å². The molecule has 0 spiro atoms. The number of nitrogens with two attached hydrogens (primary N) is 3. The molecule has 0 aromatic carbocycles. The van der Waals surface area contributed by atoms with E-state index in [1.807, 2.05) is 13.2 Å². The van der Waals surface area contributed by atoms with Crippen LogP contribution in [0, 0.1) is 5.92 Å². The number of thiol groups is 1. The molecule has 0 rings (SSSR count). The van der Waals surface area contributed by atoms with Gasteiger partial charge in [0.1, 0.15) is 18.1 Å². The number of thioether (sulfide) groups is 1. The molecule has 3 amide bonds. The third-order valence-corrected chi connectivity index (χ3v) is 6.15. The number of nitrogens with one attached hydrogen (secondary N) is 3. The van der Waals surface area contributed by atoms with E-state index in [9.17, 15) is 24.3 Å². The normalized spacial score (nSPS) is 15.2. The van der Waals surface area contributed by atoms with Crippen molar-refractivity contribution in [2.45, 2.75) is 63.7 Å². The van der Waals surface area contributed by atoms with E-state index < -0.39 is 47.9 Å². The highest BCUT2D eigenvalue weighted by Gasteiger charge is 2.32. The van der Waals surface area contributed by atoms with Gasteiger partial charge in [-0.2, -0.15) is 24.4 Å². The zero-order chi connectivity index (χ0) is 26.3. The van der Waals surface area contributed by atoms with E-state index in [4.69, 9.17) is 17.2 Å². The molecule has 5 atom stereocenters. The molecule has 0 aliphatic heterocycles. The van der Waals surface area contributed by atoms with E-state index in [0.29, 0.717) is 25.0 Å². The molecule has 0 bridgehead atoms. The van der Waals surface area contributed by atoms with Gasteiger partial charge in [-0.05, 0) is 37.2 Å². The van der Waals surface area contributed by atoms with Gasteiger partial charge in [-0.15, -0.1) is 0 Å². The van der Waals surface area contributed by atoms with Gasteiger partial charge >= 0.3 is 5.97 Å². The smallest absolute Gasteiger partial charge is 0.326 e. The first kappa shape index (κ1) is 31.8. The summed E-state index contributed by atoms with van der Waals surface area (Å²) in [4.78, 5) is 53.4. The van der Waals surface area contributed by atoms with Crippen molar-refractivity contribution in [1.29, 1.82) is 0 Å². The summed E-state index contributed by atoms with van der Waals surface area (Å²) in [5, 5.41) is 17.1. The topological polar surface area (TPSA) is 215 Å². The van der Waals surface area contributed by atoms with Crippen molar-refractivity contribution in [1.82, 2.24) is 16.0 Å². The molecule has 0 saturated heterocycles. The third kappa shape index (κ3) is 12.3. The minimum absolute atomic E-state index is 0.00971. The van der Waals surface area contributed by atoms with E-state index in [-0.39, 0.29) is 30.6 Å². The molecule has 14 heteroatoms. The van der Waals surface area contributed by atoms with E-state index in [1.54, 1.807) is 18.7 Å². The highest BCUT2D eigenvalue weighted by molar-refractivity contribution is 7.98. The van der Waals surface area contributed by atoms with Crippen molar-refractivity contribution in [2.75, 3.05) is 24.3 Å². The number of carbonyl (C=O) groups is 4. The lowest BCUT2D eigenvalue weighted by Crippen LogP contribution is -2.59. The van der Waals surface area contributed by atoms with Gasteiger partial charge in [0.2, 0.25) is 17.7 Å². The summed E-state index contributed by atoms with van der Waals surface area (Å²) in [5.74, 6) is -2.68. The molecule has 196 valence electrons. The van der Waals surface area contributed by atoms with Crippen LogP contribution < -0.4 is 33.2 Å². The first-order chi connectivity index (χ1) is 16.0. The molecule has 0 aliphatic rings. The van der Waals surface area contributed by atoms with Crippen molar-refractivity contribution in [3.63, 3.8) is 0 Å². The largest absolute Gasteiger partial charge is 0.480 e. The highest BCUT2D eigenvalue weighted by Crippen LogP contribution is 2.10. The Labute approximate surface area is 210 Å². The lowest BCUT2D eigenvalue weighted by atomic mass is 9.97. The summed E-state index contributed by atoms with van der Waals surface area (Å²) in [7, 11) is 0. The van der Waals surface area contributed by atoms with E-state index in [0.717, 1.165) is 0 Å². The summed E-state index contributed by atoms with van der Waals surface area (Å²) in [6, 6.07) is -3.97. The van der Waals surface area contributed by atoms with Crippen LogP contribution in [0.4, 0.5) is 0 Å². The molecule has 12 nitrogen and oxygen atoms in total. The number of rotatable bonds is 17. The second kappa shape index (κ2) is 17.3. The molecule has 0 aromatic rings. The van der Waals surface area contributed by atoms with Gasteiger partial charge in [0.15, 0.2) is 5.96 Å². The fourth-order valence-electron chi connectivity index (χ4n) is 2.83. The maximum absolute atomic E-state index is 12.9. The van der Waals surface area contributed by atoms with Gasteiger partial charge < -0.3 is 38.3 Å². The number of hydrogen-bond acceptors (Lipinski definition) is 8. The van der Waals surface area contributed by atoms with Crippen molar-refractivity contribution in [3.05, 3.63) is 0 Å². The Bertz CT molecular complexity index is 707. The molecule has 0 radical (unpaired) electrons. The zero-order valence-electron chi connectivity index (χ0n) is 20.0. The maximum Gasteiger partial charge on any atom is 0.326 e. The third-order valence-electron chi connectivity index (χ3n) is 5.14. The van der Waals surface area contributed by atoms with Crippen LogP contribution in [-0.4, -0.2) is 83.2 Å². The van der Waals surface area contributed by atoms with Gasteiger partial charge in [-0.25, -0.2) is 4.79 Å². The Morgan fingerprint density at radius 2 is 1.65 bits per heavy atom. The first-order valence-electron chi connectivity index (χ1n) is 11.0. The molecule has 0 aromatic heterocycles. The number of carboxylic acid groups (broad SMARTS) is 1. The number of carboxylic acids is 1. The Kier molecular flexibility index (Phi) is 16.2.